The van der Waals surface area contributed by atoms with Crippen molar-refractivity contribution < 1.29 is 23.9 Å². The lowest BCUT2D eigenvalue weighted by Gasteiger charge is -2.24. The number of imide groups is 1. The first-order valence-electron chi connectivity index (χ1n) is 9.95. The number of anilines is 2. The van der Waals surface area contributed by atoms with Crippen LogP contribution in [0, 0.1) is 17.8 Å². The summed E-state index contributed by atoms with van der Waals surface area (Å²) in [5, 5.41) is 0. The molecule has 2 heterocycles. The molecule has 2 aliphatic heterocycles. The molecule has 1 saturated carbocycles. The summed E-state index contributed by atoms with van der Waals surface area (Å²) in [6.07, 6.45) is 0.391. The van der Waals surface area contributed by atoms with E-state index in [0.29, 0.717) is 30.2 Å². The molecule has 3 fully saturated rings. The van der Waals surface area contributed by atoms with Gasteiger partial charge >= 0.3 is 0 Å². The molecule has 1 spiro atoms. The molecule has 0 radical (unpaired) electrons. The Balaban J connectivity index is 1.46. The lowest BCUT2D eigenvalue weighted by molar-refractivity contribution is -0.129. The summed E-state index contributed by atoms with van der Waals surface area (Å²) in [5.74, 6) is -1.98. The number of hydrogen-bond donors (Lipinski definition) is 0. The monoisotopic (exact) mass is 406 g/mol. The van der Waals surface area contributed by atoms with Gasteiger partial charge in [0, 0.05) is 12.7 Å². The number of amides is 3. The SMILES string of the molecule is COc1ccc(N(C)C(=O)[C@@H]2C[C@]3(CO3)C3C(=O)N(c4ccccc4)C(=O)C32)cc1. The minimum atomic E-state index is -0.701. The van der Waals surface area contributed by atoms with Crippen molar-refractivity contribution in [2.45, 2.75) is 12.0 Å². The maximum atomic E-state index is 13.4. The van der Waals surface area contributed by atoms with Crippen LogP contribution in [-0.4, -0.2) is 44.1 Å². The number of ether oxygens (including phenoxy) is 2. The van der Waals surface area contributed by atoms with Gasteiger partial charge in [-0.3, -0.25) is 14.4 Å². The number of carbonyl (C=O) groups is 3. The molecule has 3 aliphatic rings. The van der Waals surface area contributed by atoms with Gasteiger partial charge in [0.25, 0.3) is 0 Å². The van der Waals surface area contributed by atoms with Gasteiger partial charge in [0.2, 0.25) is 17.7 Å². The Kier molecular flexibility index (Phi) is 4.18. The van der Waals surface area contributed by atoms with Crippen LogP contribution in [0.1, 0.15) is 6.42 Å². The minimum Gasteiger partial charge on any atom is -0.497 e. The van der Waals surface area contributed by atoms with Gasteiger partial charge in [-0.15, -0.1) is 0 Å². The molecule has 30 heavy (non-hydrogen) atoms. The molecule has 2 aromatic rings. The Morgan fingerprint density at radius 2 is 1.77 bits per heavy atom. The molecule has 2 aromatic carbocycles. The molecule has 0 N–H and O–H groups in total. The number of methoxy groups -OCH3 is 1. The zero-order valence-corrected chi connectivity index (χ0v) is 16.8. The van der Waals surface area contributed by atoms with E-state index >= 15 is 0 Å². The molecule has 0 aromatic heterocycles. The van der Waals surface area contributed by atoms with Crippen LogP contribution < -0.4 is 14.5 Å². The minimum absolute atomic E-state index is 0.182. The largest absolute Gasteiger partial charge is 0.497 e. The molecule has 1 aliphatic carbocycles. The molecule has 2 saturated heterocycles. The van der Waals surface area contributed by atoms with Crippen LogP contribution in [0.5, 0.6) is 5.75 Å². The smallest absolute Gasteiger partial charge is 0.240 e. The first-order valence-corrected chi connectivity index (χ1v) is 9.95. The van der Waals surface area contributed by atoms with E-state index in [-0.39, 0.29) is 17.7 Å². The standard InChI is InChI=1S/C23H22N2O5/c1-24(14-8-10-16(29-2)11-9-14)20(26)17-12-23(13-30-23)19-18(17)21(27)25(22(19)28)15-6-4-3-5-7-15/h3-11,17-19H,12-13H2,1-2H3/t17-,18?,19?,23+/m1/s1. The Morgan fingerprint density at radius 1 is 1.10 bits per heavy atom. The first kappa shape index (κ1) is 18.8. The van der Waals surface area contributed by atoms with Gasteiger partial charge in [-0.05, 0) is 42.8 Å². The fraction of sp³-hybridized carbons (Fsp3) is 0.348. The quantitative estimate of drug-likeness (QED) is 0.575. The van der Waals surface area contributed by atoms with Crippen molar-refractivity contribution in [1.82, 2.24) is 0 Å². The number of rotatable bonds is 4. The van der Waals surface area contributed by atoms with Crippen LogP contribution in [0.25, 0.3) is 0 Å². The summed E-state index contributed by atoms with van der Waals surface area (Å²) < 4.78 is 10.9. The van der Waals surface area contributed by atoms with Crippen LogP contribution in [0.3, 0.4) is 0 Å². The van der Waals surface area contributed by atoms with Gasteiger partial charge in [0.05, 0.1) is 37.2 Å². The summed E-state index contributed by atoms with van der Waals surface area (Å²) in [4.78, 5) is 42.7. The molecule has 7 nitrogen and oxygen atoms in total. The predicted octanol–water partition coefficient (Wildman–Crippen LogP) is 2.25. The van der Waals surface area contributed by atoms with Gasteiger partial charge < -0.3 is 14.4 Å². The highest BCUT2D eigenvalue weighted by Gasteiger charge is 2.72. The molecule has 4 atom stereocenters. The van der Waals surface area contributed by atoms with E-state index in [4.69, 9.17) is 9.47 Å². The van der Waals surface area contributed by atoms with Crippen molar-refractivity contribution in [3.63, 3.8) is 0 Å². The highest BCUT2D eigenvalue weighted by atomic mass is 16.6. The zero-order valence-electron chi connectivity index (χ0n) is 16.8. The average Bonchev–Trinajstić information content (AvgIpc) is 3.39. The van der Waals surface area contributed by atoms with Crippen molar-refractivity contribution in [2.24, 2.45) is 17.8 Å². The topological polar surface area (TPSA) is 79.5 Å². The second kappa shape index (κ2) is 6.67. The Labute approximate surface area is 174 Å². The van der Waals surface area contributed by atoms with Crippen molar-refractivity contribution >= 4 is 29.1 Å². The number of carbonyl (C=O) groups excluding carboxylic acids is 3. The summed E-state index contributed by atoms with van der Waals surface area (Å²) in [5.41, 5.74) is 0.543. The third-order valence-corrected chi connectivity index (χ3v) is 6.55. The molecule has 0 bridgehead atoms. The molecule has 3 amide bonds. The third-order valence-electron chi connectivity index (χ3n) is 6.55. The van der Waals surface area contributed by atoms with E-state index < -0.39 is 23.4 Å². The maximum absolute atomic E-state index is 13.4. The van der Waals surface area contributed by atoms with Gasteiger partial charge in [0.1, 0.15) is 11.4 Å². The van der Waals surface area contributed by atoms with E-state index in [0.717, 1.165) is 0 Å². The number of nitrogens with zero attached hydrogens (tertiary/aromatic N) is 2. The van der Waals surface area contributed by atoms with Crippen LogP contribution in [0.2, 0.25) is 0 Å². The van der Waals surface area contributed by atoms with Gasteiger partial charge in [-0.1, -0.05) is 18.2 Å². The molecular formula is C23H22N2O5. The first-order chi connectivity index (χ1) is 14.5. The van der Waals surface area contributed by atoms with E-state index in [1.165, 1.54) is 4.90 Å². The summed E-state index contributed by atoms with van der Waals surface area (Å²) >= 11 is 0. The second-order valence-corrected chi connectivity index (χ2v) is 8.11. The molecule has 7 heteroatoms. The highest BCUT2D eigenvalue weighted by Crippen LogP contribution is 2.58. The van der Waals surface area contributed by atoms with Crippen LogP contribution in [0.15, 0.2) is 54.6 Å². The van der Waals surface area contributed by atoms with Gasteiger partial charge in [0.15, 0.2) is 0 Å². The summed E-state index contributed by atoms with van der Waals surface area (Å²) in [6, 6.07) is 16.0. The van der Waals surface area contributed by atoms with Gasteiger partial charge in [-0.25, -0.2) is 4.90 Å². The number of para-hydroxylation sites is 1. The maximum Gasteiger partial charge on any atom is 0.240 e. The van der Waals surface area contributed by atoms with Crippen molar-refractivity contribution in [3.8, 4) is 5.75 Å². The lowest BCUT2D eigenvalue weighted by atomic mass is 9.89. The van der Waals surface area contributed by atoms with Crippen LogP contribution >= 0.6 is 0 Å². The van der Waals surface area contributed by atoms with Crippen LogP contribution in [0.4, 0.5) is 11.4 Å². The summed E-state index contributed by atoms with van der Waals surface area (Å²) in [7, 11) is 3.27. The van der Waals surface area contributed by atoms with Crippen LogP contribution in [-0.2, 0) is 19.1 Å². The molecule has 5 rings (SSSR count). The third kappa shape index (κ3) is 2.65. The number of epoxide rings is 1. The second-order valence-electron chi connectivity index (χ2n) is 8.11. The average molecular weight is 406 g/mol. The van der Waals surface area contributed by atoms with Crippen molar-refractivity contribution in [3.05, 3.63) is 54.6 Å². The van der Waals surface area contributed by atoms with Gasteiger partial charge in [-0.2, -0.15) is 0 Å². The number of fused-ring (bicyclic) bond motifs is 2. The zero-order chi connectivity index (χ0) is 21.0. The Morgan fingerprint density at radius 3 is 2.37 bits per heavy atom. The fourth-order valence-electron chi connectivity index (χ4n) is 4.92. The normalized spacial score (nSPS) is 29.3. The molecule has 2 unspecified atom stereocenters. The lowest BCUT2D eigenvalue weighted by Crippen LogP contribution is -2.39. The van der Waals surface area contributed by atoms with E-state index in [1.54, 1.807) is 67.6 Å². The van der Waals surface area contributed by atoms with Crippen molar-refractivity contribution in [2.75, 3.05) is 30.6 Å². The Bertz CT molecular complexity index is 1020. The summed E-state index contributed by atoms with van der Waals surface area (Å²) in [6.45, 7) is 0.409. The highest BCUT2D eigenvalue weighted by molar-refractivity contribution is 6.24. The van der Waals surface area contributed by atoms with E-state index in [2.05, 4.69) is 0 Å². The molecular weight excluding hydrogens is 384 g/mol. The molecule has 154 valence electrons. The number of hydrogen-bond acceptors (Lipinski definition) is 5. The predicted molar refractivity (Wildman–Crippen MR) is 109 cm³/mol. The Hall–Kier alpha value is -3.19. The van der Waals surface area contributed by atoms with E-state index in [9.17, 15) is 14.4 Å². The van der Waals surface area contributed by atoms with Crippen molar-refractivity contribution in [1.29, 1.82) is 0 Å². The number of benzene rings is 2. The fourth-order valence-corrected chi connectivity index (χ4v) is 4.92. The van der Waals surface area contributed by atoms with E-state index in [1.807, 2.05) is 6.07 Å².